The summed E-state index contributed by atoms with van der Waals surface area (Å²) in [6.45, 7) is 3.28. The first kappa shape index (κ1) is 17.2. The molecule has 0 radical (unpaired) electrons. The summed E-state index contributed by atoms with van der Waals surface area (Å²) in [5, 5.41) is 8.83. The van der Waals surface area contributed by atoms with E-state index in [2.05, 4.69) is 81.9 Å². The van der Waals surface area contributed by atoms with Crippen LogP contribution in [0.5, 0.6) is 0 Å². The number of hydrogen-bond acceptors (Lipinski definition) is 3. The van der Waals surface area contributed by atoms with Crippen LogP contribution in [0.3, 0.4) is 0 Å². The number of nitrogens with zero attached hydrogens (tertiary/aromatic N) is 2. The Labute approximate surface area is 166 Å². The Kier molecular flexibility index (Phi) is 4.67. The Balaban J connectivity index is 1.27. The summed E-state index contributed by atoms with van der Waals surface area (Å²) >= 11 is 0. The van der Waals surface area contributed by atoms with Crippen molar-refractivity contribution in [2.75, 3.05) is 18.4 Å². The van der Waals surface area contributed by atoms with Gasteiger partial charge in [-0.3, -0.25) is 9.88 Å². The molecule has 1 unspecified atom stereocenters. The normalized spacial score (nSPS) is 17.8. The van der Waals surface area contributed by atoms with E-state index in [-0.39, 0.29) is 0 Å². The summed E-state index contributed by atoms with van der Waals surface area (Å²) in [5.41, 5.74) is 2.61. The Hall–Kier alpha value is -2.91. The fraction of sp³-hybridized carbons (Fsp3) is 0.240. The smallest absolute Gasteiger partial charge is 0.0389 e. The van der Waals surface area contributed by atoms with Crippen molar-refractivity contribution >= 4 is 27.2 Å². The molecule has 2 heterocycles. The molecule has 0 spiro atoms. The van der Waals surface area contributed by atoms with E-state index >= 15 is 0 Å². The molecule has 0 bridgehead atoms. The van der Waals surface area contributed by atoms with Crippen LogP contribution in [0.4, 0.5) is 5.69 Å². The highest BCUT2D eigenvalue weighted by Crippen LogP contribution is 2.23. The lowest BCUT2D eigenvalue weighted by Gasteiger charge is -2.33. The molecule has 4 aromatic rings. The van der Waals surface area contributed by atoms with Crippen LogP contribution in [0.25, 0.3) is 21.5 Å². The fourth-order valence-electron chi connectivity index (χ4n) is 4.32. The molecule has 1 aliphatic rings. The minimum Gasteiger partial charge on any atom is -0.381 e. The SMILES string of the molecule is c1ccc2cc(CN3CCCC(Nc4ccc5cnccc5c4)C3)ccc2c1. The van der Waals surface area contributed by atoms with Gasteiger partial charge in [-0.2, -0.15) is 0 Å². The number of rotatable bonds is 4. The van der Waals surface area contributed by atoms with Crippen molar-refractivity contribution in [3.05, 3.63) is 84.7 Å². The first-order valence-electron chi connectivity index (χ1n) is 10.1. The number of hydrogen-bond donors (Lipinski definition) is 1. The molecule has 1 aliphatic heterocycles. The van der Waals surface area contributed by atoms with E-state index in [1.807, 2.05) is 12.4 Å². The Bertz CT molecular complexity index is 1020. The highest BCUT2D eigenvalue weighted by Gasteiger charge is 2.20. The van der Waals surface area contributed by atoms with Crippen LogP contribution in [-0.4, -0.2) is 29.0 Å². The van der Waals surface area contributed by atoms with Crippen LogP contribution in [0, 0.1) is 0 Å². The average molecular weight is 367 g/mol. The number of piperidine rings is 1. The van der Waals surface area contributed by atoms with Gasteiger partial charge in [0, 0.05) is 42.6 Å². The molecule has 1 aromatic heterocycles. The highest BCUT2D eigenvalue weighted by molar-refractivity contribution is 5.85. The molecule has 0 aliphatic carbocycles. The van der Waals surface area contributed by atoms with Gasteiger partial charge >= 0.3 is 0 Å². The van der Waals surface area contributed by atoms with Crippen molar-refractivity contribution < 1.29 is 0 Å². The Morgan fingerprint density at radius 3 is 2.71 bits per heavy atom. The number of benzene rings is 3. The predicted octanol–water partition coefficient (Wildman–Crippen LogP) is 5.46. The predicted molar refractivity (Wildman–Crippen MR) is 118 cm³/mol. The van der Waals surface area contributed by atoms with Gasteiger partial charge in [-0.25, -0.2) is 0 Å². The van der Waals surface area contributed by atoms with E-state index in [1.165, 1.54) is 52.2 Å². The first-order valence-corrected chi connectivity index (χ1v) is 10.1. The molecule has 5 rings (SSSR count). The van der Waals surface area contributed by atoms with Gasteiger partial charge in [-0.05, 0) is 65.4 Å². The summed E-state index contributed by atoms with van der Waals surface area (Å²) in [7, 11) is 0. The molecule has 140 valence electrons. The number of fused-ring (bicyclic) bond motifs is 2. The largest absolute Gasteiger partial charge is 0.381 e. The van der Waals surface area contributed by atoms with Crippen LogP contribution >= 0.6 is 0 Å². The second-order valence-corrected chi connectivity index (χ2v) is 7.84. The van der Waals surface area contributed by atoms with E-state index in [9.17, 15) is 0 Å². The molecule has 1 atom stereocenters. The van der Waals surface area contributed by atoms with Crippen molar-refractivity contribution in [2.45, 2.75) is 25.4 Å². The van der Waals surface area contributed by atoms with Crippen molar-refractivity contribution in [2.24, 2.45) is 0 Å². The molecule has 3 aromatic carbocycles. The molecule has 28 heavy (non-hydrogen) atoms. The Morgan fingerprint density at radius 2 is 1.75 bits per heavy atom. The molecular formula is C25H25N3. The minimum atomic E-state index is 0.494. The van der Waals surface area contributed by atoms with Crippen LogP contribution in [0.2, 0.25) is 0 Å². The van der Waals surface area contributed by atoms with Gasteiger partial charge in [0.05, 0.1) is 0 Å². The molecular weight excluding hydrogens is 342 g/mol. The number of pyridine rings is 1. The monoisotopic (exact) mass is 367 g/mol. The van der Waals surface area contributed by atoms with Gasteiger partial charge in [-0.15, -0.1) is 0 Å². The third-order valence-electron chi connectivity index (χ3n) is 5.74. The standard InChI is InChI=1S/C25H25N3/c1-2-5-21-14-19(7-8-20(21)4-1)17-28-13-3-6-25(18-28)27-24-10-9-23-16-26-12-11-22(23)15-24/h1-2,4-5,7-12,14-16,25,27H,3,6,13,17-18H2. The van der Waals surface area contributed by atoms with E-state index in [0.717, 1.165) is 13.1 Å². The number of likely N-dealkylation sites (tertiary alicyclic amines) is 1. The average Bonchev–Trinajstić information content (AvgIpc) is 2.74. The molecule has 1 N–H and O–H groups in total. The quantitative estimate of drug-likeness (QED) is 0.519. The van der Waals surface area contributed by atoms with Gasteiger partial charge in [0.15, 0.2) is 0 Å². The van der Waals surface area contributed by atoms with E-state index in [4.69, 9.17) is 0 Å². The zero-order valence-corrected chi connectivity index (χ0v) is 16.0. The Morgan fingerprint density at radius 1 is 0.893 bits per heavy atom. The summed E-state index contributed by atoms with van der Waals surface area (Å²) in [6, 6.07) is 24.6. The van der Waals surface area contributed by atoms with Crippen molar-refractivity contribution in [3.63, 3.8) is 0 Å². The third kappa shape index (κ3) is 3.71. The molecule has 3 heteroatoms. The van der Waals surface area contributed by atoms with Gasteiger partial charge in [-0.1, -0.05) is 42.5 Å². The van der Waals surface area contributed by atoms with Crippen LogP contribution in [0.15, 0.2) is 79.1 Å². The maximum atomic E-state index is 4.20. The number of anilines is 1. The van der Waals surface area contributed by atoms with E-state index in [1.54, 1.807) is 0 Å². The second kappa shape index (κ2) is 7.61. The zero-order valence-electron chi connectivity index (χ0n) is 16.0. The summed E-state index contributed by atoms with van der Waals surface area (Å²) in [6.07, 6.45) is 6.24. The number of nitrogens with one attached hydrogen (secondary N) is 1. The van der Waals surface area contributed by atoms with Gasteiger partial charge in [0.25, 0.3) is 0 Å². The molecule has 3 nitrogen and oxygen atoms in total. The third-order valence-corrected chi connectivity index (χ3v) is 5.74. The molecule has 0 amide bonds. The number of aromatic nitrogens is 1. The van der Waals surface area contributed by atoms with E-state index in [0.29, 0.717) is 6.04 Å². The summed E-state index contributed by atoms with van der Waals surface area (Å²) in [5.74, 6) is 0. The first-order chi connectivity index (χ1) is 13.8. The van der Waals surface area contributed by atoms with Gasteiger partial charge in [0.1, 0.15) is 0 Å². The maximum absolute atomic E-state index is 4.20. The maximum Gasteiger partial charge on any atom is 0.0389 e. The zero-order chi connectivity index (χ0) is 18.8. The van der Waals surface area contributed by atoms with Crippen molar-refractivity contribution in [3.8, 4) is 0 Å². The van der Waals surface area contributed by atoms with Gasteiger partial charge < -0.3 is 5.32 Å². The van der Waals surface area contributed by atoms with Crippen LogP contribution < -0.4 is 5.32 Å². The lowest BCUT2D eigenvalue weighted by atomic mass is 10.0. The lowest BCUT2D eigenvalue weighted by molar-refractivity contribution is 0.208. The van der Waals surface area contributed by atoms with Crippen molar-refractivity contribution in [1.82, 2.24) is 9.88 Å². The highest BCUT2D eigenvalue weighted by atomic mass is 15.2. The van der Waals surface area contributed by atoms with Crippen molar-refractivity contribution in [1.29, 1.82) is 0 Å². The van der Waals surface area contributed by atoms with Crippen LogP contribution in [-0.2, 0) is 6.54 Å². The molecule has 1 fully saturated rings. The van der Waals surface area contributed by atoms with Gasteiger partial charge in [0.2, 0.25) is 0 Å². The second-order valence-electron chi connectivity index (χ2n) is 7.84. The van der Waals surface area contributed by atoms with Crippen LogP contribution in [0.1, 0.15) is 18.4 Å². The topological polar surface area (TPSA) is 28.2 Å². The minimum absolute atomic E-state index is 0.494. The van der Waals surface area contributed by atoms with E-state index < -0.39 is 0 Å². The molecule has 1 saturated heterocycles. The fourth-order valence-corrected chi connectivity index (χ4v) is 4.32. The lowest BCUT2D eigenvalue weighted by Crippen LogP contribution is -2.41. The summed E-state index contributed by atoms with van der Waals surface area (Å²) in [4.78, 5) is 6.78. The molecule has 0 saturated carbocycles. The summed E-state index contributed by atoms with van der Waals surface area (Å²) < 4.78 is 0.